The van der Waals surface area contributed by atoms with E-state index in [4.69, 9.17) is 0 Å². The molecule has 0 bridgehead atoms. The standard InChI is InChI=1S/C21H23NO/c23-21-14-10-19(11-15-21)18-8-12-20(13-9-18)22-16-4-7-17-5-2-1-3-6-17/h1-3,5-6,10-11,14-15,18,20,22-23H,8-9,12-13,16H2/t18-,20-. The second-order valence-electron chi connectivity index (χ2n) is 6.19. The normalized spacial score (nSPS) is 20.5. The lowest BCUT2D eigenvalue weighted by molar-refractivity contribution is 0.352. The van der Waals surface area contributed by atoms with Gasteiger partial charge in [0.1, 0.15) is 5.75 Å². The van der Waals surface area contributed by atoms with Crippen molar-refractivity contribution in [2.24, 2.45) is 0 Å². The van der Waals surface area contributed by atoms with Gasteiger partial charge in [-0.15, -0.1) is 0 Å². The van der Waals surface area contributed by atoms with Gasteiger partial charge in [0.2, 0.25) is 0 Å². The van der Waals surface area contributed by atoms with Crippen molar-refractivity contribution in [3.63, 3.8) is 0 Å². The van der Waals surface area contributed by atoms with Gasteiger partial charge in [0.25, 0.3) is 0 Å². The summed E-state index contributed by atoms with van der Waals surface area (Å²) >= 11 is 0. The van der Waals surface area contributed by atoms with Crippen LogP contribution in [0.3, 0.4) is 0 Å². The molecule has 0 aromatic heterocycles. The van der Waals surface area contributed by atoms with Crippen LogP contribution in [0.4, 0.5) is 0 Å². The van der Waals surface area contributed by atoms with Crippen LogP contribution in [0.2, 0.25) is 0 Å². The maximum absolute atomic E-state index is 9.38. The second kappa shape index (κ2) is 7.85. The largest absolute Gasteiger partial charge is 0.508 e. The van der Waals surface area contributed by atoms with Gasteiger partial charge in [0.15, 0.2) is 0 Å². The summed E-state index contributed by atoms with van der Waals surface area (Å²) in [7, 11) is 0. The molecule has 1 aliphatic rings. The highest BCUT2D eigenvalue weighted by atomic mass is 16.3. The van der Waals surface area contributed by atoms with Crippen LogP contribution in [-0.4, -0.2) is 17.7 Å². The monoisotopic (exact) mass is 305 g/mol. The third-order valence-corrected chi connectivity index (χ3v) is 4.58. The summed E-state index contributed by atoms with van der Waals surface area (Å²) in [4.78, 5) is 0. The summed E-state index contributed by atoms with van der Waals surface area (Å²) < 4.78 is 0. The van der Waals surface area contributed by atoms with E-state index in [2.05, 4.69) is 29.3 Å². The average molecular weight is 305 g/mol. The molecular weight excluding hydrogens is 282 g/mol. The highest BCUT2D eigenvalue weighted by molar-refractivity contribution is 5.33. The smallest absolute Gasteiger partial charge is 0.115 e. The number of phenols is 1. The molecule has 1 saturated carbocycles. The molecule has 23 heavy (non-hydrogen) atoms. The van der Waals surface area contributed by atoms with Crippen LogP contribution in [0.15, 0.2) is 54.6 Å². The number of rotatable bonds is 3. The minimum absolute atomic E-state index is 0.348. The predicted molar refractivity (Wildman–Crippen MR) is 94.4 cm³/mol. The van der Waals surface area contributed by atoms with Gasteiger partial charge in [-0.05, 0) is 61.4 Å². The van der Waals surface area contributed by atoms with Crippen LogP contribution in [0, 0.1) is 11.8 Å². The Morgan fingerprint density at radius 3 is 2.30 bits per heavy atom. The Morgan fingerprint density at radius 1 is 0.913 bits per heavy atom. The van der Waals surface area contributed by atoms with E-state index in [0.717, 1.165) is 12.1 Å². The van der Waals surface area contributed by atoms with Crippen molar-refractivity contribution in [3.8, 4) is 17.6 Å². The SMILES string of the molecule is Oc1ccc([C@H]2CC[C@H](NCC#Cc3ccccc3)CC2)cc1. The van der Waals surface area contributed by atoms with E-state index in [-0.39, 0.29) is 0 Å². The van der Waals surface area contributed by atoms with E-state index in [1.807, 2.05) is 30.3 Å². The topological polar surface area (TPSA) is 32.3 Å². The Kier molecular flexibility index (Phi) is 5.34. The maximum Gasteiger partial charge on any atom is 0.115 e. The molecule has 2 heteroatoms. The fourth-order valence-electron chi connectivity index (χ4n) is 3.24. The lowest BCUT2D eigenvalue weighted by Crippen LogP contribution is -2.32. The van der Waals surface area contributed by atoms with Crippen molar-refractivity contribution in [3.05, 3.63) is 65.7 Å². The van der Waals surface area contributed by atoms with Crippen LogP contribution in [0.5, 0.6) is 5.75 Å². The van der Waals surface area contributed by atoms with Gasteiger partial charge in [-0.1, -0.05) is 42.2 Å². The first-order valence-electron chi connectivity index (χ1n) is 8.37. The molecule has 0 radical (unpaired) electrons. The molecule has 118 valence electrons. The summed E-state index contributed by atoms with van der Waals surface area (Å²) in [6, 6.07) is 18.4. The molecule has 0 atom stereocenters. The lowest BCUT2D eigenvalue weighted by atomic mass is 9.82. The molecule has 0 spiro atoms. The van der Waals surface area contributed by atoms with Crippen LogP contribution in [0.25, 0.3) is 0 Å². The zero-order valence-electron chi connectivity index (χ0n) is 13.3. The Balaban J connectivity index is 1.43. The fourth-order valence-corrected chi connectivity index (χ4v) is 3.24. The van der Waals surface area contributed by atoms with Gasteiger partial charge >= 0.3 is 0 Å². The highest BCUT2D eigenvalue weighted by Crippen LogP contribution is 2.33. The predicted octanol–water partition coefficient (Wildman–Crippen LogP) is 4.06. The number of hydrogen-bond acceptors (Lipinski definition) is 2. The van der Waals surface area contributed by atoms with Gasteiger partial charge in [-0.25, -0.2) is 0 Å². The summed E-state index contributed by atoms with van der Waals surface area (Å²) in [5.41, 5.74) is 2.43. The molecule has 2 nitrogen and oxygen atoms in total. The molecule has 0 saturated heterocycles. The van der Waals surface area contributed by atoms with Gasteiger partial charge in [0.05, 0.1) is 6.54 Å². The van der Waals surface area contributed by atoms with Crippen LogP contribution < -0.4 is 5.32 Å². The van der Waals surface area contributed by atoms with Gasteiger partial charge in [0, 0.05) is 11.6 Å². The summed E-state index contributed by atoms with van der Waals surface area (Å²) in [5.74, 6) is 7.37. The second-order valence-corrected chi connectivity index (χ2v) is 6.19. The summed E-state index contributed by atoms with van der Waals surface area (Å²) in [5, 5.41) is 12.9. The fraction of sp³-hybridized carbons (Fsp3) is 0.333. The minimum atomic E-state index is 0.348. The first-order chi connectivity index (χ1) is 11.3. The number of aromatic hydroxyl groups is 1. The Morgan fingerprint density at radius 2 is 1.61 bits per heavy atom. The Labute approximate surface area is 138 Å². The van der Waals surface area contributed by atoms with E-state index < -0.39 is 0 Å². The first-order valence-corrected chi connectivity index (χ1v) is 8.37. The van der Waals surface area contributed by atoms with Crippen molar-refractivity contribution in [2.45, 2.75) is 37.6 Å². The van der Waals surface area contributed by atoms with Gasteiger partial charge < -0.3 is 10.4 Å². The van der Waals surface area contributed by atoms with E-state index in [0.29, 0.717) is 17.7 Å². The van der Waals surface area contributed by atoms with Crippen LogP contribution >= 0.6 is 0 Å². The molecule has 2 N–H and O–H groups in total. The quantitative estimate of drug-likeness (QED) is 0.838. The van der Waals surface area contributed by atoms with E-state index >= 15 is 0 Å². The molecule has 2 aromatic carbocycles. The number of hydrogen-bond donors (Lipinski definition) is 2. The maximum atomic E-state index is 9.38. The zero-order chi connectivity index (χ0) is 15.9. The zero-order valence-corrected chi connectivity index (χ0v) is 13.3. The Hall–Kier alpha value is -2.24. The summed E-state index contributed by atoms with van der Waals surface area (Å²) in [6.07, 6.45) is 4.79. The summed E-state index contributed by atoms with van der Waals surface area (Å²) in [6.45, 7) is 0.753. The molecule has 1 fully saturated rings. The number of benzene rings is 2. The van der Waals surface area contributed by atoms with Crippen molar-refractivity contribution in [2.75, 3.05) is 6.54 Å². The van der Waals surface area contributed by atoms with Crippen molar-refractivity contribution < 1.29 is 5.11 Å². The van der Waals surface area contributed by atoms with E-state index in [1.165, 1.54) is 31.2 Å². The van der Waals surface area contributed by atoms with Crippen molar-refractivity contribution in [1.82, 2.24) is 5.32 Å². The van der Waals surface area contributed by atoms with Crippen molar-refractivity contribution >= 4 is 0 Å². The molecule has 2 aromatic rings. The van der Waals surface area contributed by atoms with E-state index in [1.54, 1.807) is 12.1 Å². The minimum Gasteiger partial charge on any atom is -0.508 e. The van der Waals surface area contributed by atoms with Crippen LogP contribution in [-0.2, 0) is 0 Å². The molecular formula is C21H23NO. The average Bonchev–Trinajstić information content (AvgIpc) is 2.61. The first kappa shape index (κ1) is 15.6. The van der Waals surface area contributed by atoms with E-state index in [9.17, 15) is 5.11 Å². The Bertz CT molecular complexity index is 658. The molecule has 3 rings (SSSR count). The molecule has 0 amide bonds. The van der Waals surface area contributed by atoms with Crippen molar-refractivity contribution in [1.29, 1.82) is 0 Å². The number of phenolic OH excluding ortho intramolecular Hbond substituents is 1. The van der Waals surface area contributed by atoms with Gasteiger partial charge in [-0.3, -0.25) is 0 Å². The molecule has 0 heterocycles. The highest BCUT2D eigenvalue weighted by Gasteiger charge is 2.21. The lowest BCUT2D eigenvalue weighted by Gasteiger charge is -2.29. The van der Waals surface area contributed by atoms with Gasteiger partial charge in [-0.2, -0.15) is 0 Å². The third kappa shape index (κ3) is 4.61. The molecule has 0 unspecified atom stereocenters. The molecule has 0 aliphatic heterocycles. The number of nitrogens with one attached hydrogen (secondary N) is 1. The molecule has 1 aliphatic carbocycles. The van der Waals surface area contributed by atoms with Crippen LogP contribution in [0.1, 0.15) is 42.7 Å². The third-order valence-electron chi connectivity index (χ3n) is 4.58.